The molecule has 1 aromatic carbocycles. The number of rotatable bonds is 6. The zero-order valence-electron chi connectivity index (χ0n) is 11.4. The van der Waals surface area contributed by atoms with Gasteiger partial charge in [0.15, 0.2) is 0 Å². The van der Waals surface area contributed by atoms with Gasteiger partial charge in [0.2, 0.25) is 10.0 Å². The number of nitrogens with zero attached hydrogens (tertiary/aromatic N) is 1. The van der Waals surface area contributed by atoms with Gasteiger partial charge < -0.3 is 10.6 Å². The second-order valence-corrected chi connectivity index (χ2v) is 7.88. The Morgan fingerprint density at radius 2 is 1.85 bits per heavy atom. The molecule has 2 rings (SSSR count). The van der Waals surface area contributed by atoms with Gasteiger partial charge in [0.1, 0.15) is 0 Å². The molecule has 0 aromatic heterocycles. The summed E-state index contributed by atoms with van der Waals surface area (Å²) in [7, 11) is -3.27. The van der Waals surface area contributed by atoms with Crippen LogP contribution in [0.15, 0.2) is 24.3 Å². The molecule has 5 nitrogen and oxygen atoms in total. The molecule has 0 amide bonds. The predicted octanol–water partition coefficient (Wildman–Crippen LogP) is 0.737. The third kappa shape index (κ3) is 5.32. The van der Waals surface area contributed by atoms with E-state index in [0.717, 1.165) is 36.7 Å². The van der Waals surface area contributed by atoms with E-state index in [4.69, 9.17) is 5.73 Å². The van der Waals surface area contributed by atoms with Crippen LogP contribution in [0.3, 0.4) is 0 Å². The van der Waals surface area contributed by atoms with E-state index in [1.807, 2.05) is 11.8 Å². The van der Waals surface area contributed by atoms with Crippen LogP contribution in [0.25, 0.3) is 0 Å². The number of thioether (sulfide) groups is 1. The lowest BCUT2D eigenvalue weighted by atomic mass is 10.2. The summed E-state index contributed by atoms with van der Waals surface area (Å²) in [4.78, 5) is 2.29. The summed E-state index contributed by atoms with van der Waals surface area (Å²) >= 11 is 1.95. The Morgan fingerprint density at radius 3 is 2.50 bits per heavy atom. The van der Waals surface area contributed by atoms with Gasteiger partial charge in [0, 0.05) is 43.4 Å². The third-order valence-corrected chi connectivity index (χ3v) is 5.49. The number of anilines is 1. The van der Waals surface area contributed by atoms with Gasteiger partial charge in [-0.2, -0.15) is 11.8 Å². The number of hydrogen-bond donors (Lipinski definition) is 2. The molecule has 1 aromatic rings. The van der Waals surface area contributed by atoms with Crippen LogP contribution >= 0.6 is 11.8 Å². The van der Waals surface area contributed by atoms with E-state index in [0.29, 0.717) is 12.2 Å². The van der Waals surface area contributed by atoms with Gasteiger partial charge in [-0.3, -0.25) is 0 Å². The van der Waals surface area contributed by atoms with Crippen molar-refractivity contribution >= 4 is 27.5 Å². The van der Waals surface area contributed by atoms with Crippen molar-refractivity contribution in [1.29, 1.82) is 0 Å². The van der Waals surface area contributed by atoms with Crippen molar-refractivity contribution in [2.45, 2.75) is 5.75 Å². The first-order valence-corrected chi connectivity index (χ1v) is 9.48. The molecule has 7 heteroatoms. The fourth-order valence-corrected chi connectivity index (χ4v) is 4.18. The minimum atomic E-state index is -3.27. The Kier molecular flexibility index (Phi) is 5.71. The van der Waals surface area contributed by atoms with Crippen LogP contribution in [-0.4, -0.2) is 51.0 Å². The van der Waals surface area contributed by atoms with E-state index in [2.05, 4.69) is 9.62 Å². The third-order valence-electron chi connectivity index (χ3n) is 3.19. The molecule has 1 heterocycles. The Bertz CT molecular complexity index is 511. The van der Waals surface area contributed by atoms with Crippen molar-refractivity contribution in [3.63, 3.8) is 0 Å². The Hall–Kier alpha value is -0.760. The molecule has 1 fully saturated rings. The zero-order valence-corrected chi connectivity index (χ0v) is 13.0. The summed E-state index contributed by atoms with van der Waals surface area (Å²) in [5.41, 5.74) is 6.97. The molecule has 0 unspecified atom stereocenters. The predicted molar refractivity (Wildman–Crippen MR) is 85.2 cm³/mol. The first kappa shape index (κ1) is 15.6. The summed E-state index contributed by atoms with van der Waals surface area (Å²) in [5, 5.41) is 0. The van der Waals surface area contributed by atoms with Gasteiger partial charge in [-0.15, -0.1) is 0 Å². The smallest absolute Gasteiger partial charge is 0.215 e. The second kappa shape index (κ2) is 7.31. The van der Waals surface area contributed by atoms with Crippen LogP contribution in [0.5, 0.6) is 0 Å². The summed E-state index contributed by atoms with van der Waals surface area (Å²) in [6.45, 7) is 3.35. The second-order valence-electron chi connectivity index (χ2n) is 4.85. The number of hydrogen-bond acceptors (Lipinski definition) is 5. The SMILES string of the molecule is Nc1ccc(CS(=O)(=O)NCCN2CCSCC2)cc1. The van der Waals surface area contributed by atoms with Gasteiger partial charge in [0.25, 0.3) is 0 Å². The first-order chi connectivity index (χ1) is 9.55. The normalized spacial score (nSPS) is 17.2. The Morgan fingerprint density at radius 1 is 1.20 bits per heavy atom. The maximum Gasteiger partial charge on any atom is 0.215 e. The fourth-order valence-electron chi connectivity index (χ4n) is 2.07. The van der Waals surface area contributed by atoms with Crippen molar-refractivity contribution in [3.8, 4) is 0 Å². The minimum absolute atomic E-state index is 0.00311. The van der Waals surface area contributed by atoms with Crippen molar-refractivity contribution in [3.05, 3.63) is 29.8 Å². The molecular formula is C13H21N3O2S2. The maximum atomic E-state index is 12.0. The van der Waals surface area contributed by atoms with Gasteiger partial charge in [-0.1, -0.05) is 12.1 Å². The molecule has 1 aliphatic heterocycles. The number of nitrogens with one attached hydrogen (secondary N) is 1. The zero-order chi connectivity index (χ0) is 14.4. The molecule has 0 spiro atoms. The number of nitrogen functional groups attached to an aromatic ring is 1. The highest BCUT2D eigenvalue weighted by Gasteiger charge is 2.13. The lowest BCUT2D eigenvalue weighted by Gasteiger charge is -2.25. The highest BCUT2D eigenvalue weighted by molar-refractivity contribution is 7.99. The molecule has 1 saturated heterocycles. The van der Waals surface area contributed by atoms with Crippen LogP contribution in [0, 0.1) is 0 Å². The summed E-state index contributed by atoms with van der Waals surface area (Å²) in [6, 6.07) is 6.93. The van der Waals surface area contributed by atoms with Gasteiger partial charge >= 0.3 is 0 Å². The highest BCUT2D eigenvalue weighted by Crippen LogP contribution is 2.09. The molecule has 0 atom stereocenters. The molecule has 0 radical (unpaired) electrons. The van der Waals surface area contributed by atoms with Crippen molar-refractivity contribution in [2.75, 3.05) is 43.4 Å². The fraction of sp³-hybridized carbons (Fsp3) is 0.538. The molecular weight excluding hydrogens is 294 g/mol. The van der Waals surface area contributed by atoms with Crippen LogP contribution in [0.2, 0.25) is 0 Å². The van der Waals surface area contributed by atoms with E-state index >= 15 is 0 Å². The van der Waals surface area contributed by atoms with Crippen LogP contribution < -0.4 is 10.5 Å². The summed E-state index contributed by atoms with van der Waals surface area (Å²) in [5.74, 6) is 2.28. The maximum absolute atomic E-state index is 12.0. The van der Waals surface area contributed by atoms with Crippen molar-refractivity contribution in [2.24, 2.45) is 0 Å². The van der Waals surface area contributed by atoms with Crippen LogP contribution in [0.4, 0.5) is 5.69 Å². The van der Waals surface area contributed by atoms with E-state index in [1.165, 1.54) is 0 Å². The van der Waals surface area contributed by atoms with Gasteiger partial charge in [-0.25, -0.2) is 13.1 Å². The Balaban J connectivity index is 1.77. The summed E-state index contributed by atoms with van der Waals surface area (Å²) < 4.78 is 26.6. The van der Waals surface area contributed by atoms with Gasteiger partial charge in [0.05, 0.1) is 5.75 Å². The van der Waals surface area contributed by atoms with Crippen LogP contribution in [-0.2, 0) is 15.8 Å². The standard InChI is InChI=1S/C13H21N3O2S2/c14-13-3-1-12(2-4-13)11-20(17,18)15-5-6-16-7-9-19-10-8-16/h1-4,15H,5-11,14H2. The first-order valence-electron chi connectivity index (χ1n) is 6.67. The van der Waals surface area contributed by atoms with Crippen molar-refractivity contribution < 1.29 is 8.42 Å². The van der Waals surface area contributed by atoms with E-state index in [-0.39, 0.29) is 5.75 Å². The summed E-state index contributed by atoms with van der Waals surface area (Å²) in [6.07, 6.45) is 0. The topological polar surface area (TPSA) is 75.4 Å². The number of sulfonamides is 1. The lowest BCUT2D eigenvalue weighted by molar-refractivity contribution is 0.307. The molecule has 0 aliphatic carbocycles. The molecule has 3 N–H and O–H groups in total. The molecule has 0 bridgehead atoms. The quantitative estimate of drug-likeness (QED) is 0.757. The van der Waals surface area contributed by atoms with Crippen LogP contribution in [0.1, 0.15) is 5.56 Å². The minimum Gasteiger partial charge on any atom is -0.399 e. The van der Waals surface area contributed by atoms with E-state index in [1.54, 1.807) is 24.3 Å². The lowest BCUT2D eigenvalue weighted by Crippen LogP contribution is -2.39. The Labute approximate surface area is 125 Å². The largest absolute Gasteiger partial charge is 0.399 e. The number of benzene rings is 1. The highest BCUT2D eigenvalue weighted by atomic mass is 32.2. The number of nitrogens with two attached hydrogens (primary N) is 1. The molecule has 112 valence electrons. The molecule has 1 aliphatic rings. The van der Waals surface area contributed by atoms with E-state index < -0.39 is 10.0 Å². The molecule has 20 heavy (non-hydrogen) atoms. The van der Waals surface area contributed by atoms with E-state index in [9.17, 15) is 8.42 Å². The van der Waals surface area contributed by atoms with Crippen molar-refractivity contribution in [1.82, 2.24) is 9.62 Å². The monoisotopic (exact) mass is 315 g/mol. The average molecular weight is 315 g/mol. The van der Waals surface area contributed by atoms with Gasteiger partial charge in [-0.05, 0) is 17.7 Å². The average Bonchev–Trinajstić information content (AvgIpc) is 2.42. The molecule has 0 saturated carbocycles.